The van der Waals surface area contributed by atoms with Crippen LogP contribution in [0.3, 0.4) is 0 Å². The highest BCUT2D eigenvalue weighted by atomic mass is 16.5. The summed E-state index contributed by atoms with van der Waals surface area (Å²) in [5.74, 6) is 1.01. The first-order valence-electron chi connectivity index (χ1n) is 9.05. The number of hydrogen-bond donors (Lipinski definition) is 1. The number of nitrogens with zero attached hydrogens (tertiary/aromatic N) is 3. The number of carboxylic acids is 1. The second kappa shape index (κ2) is 6.90. The Morgan fingerprint density at radius 3 is 2.88 bits per heavy atom. The van der Waals surface area contributed by atoms with Crippen LogP contribution < -0.4 is 0 Å². The van der Waals surface area contributed by atoms with Gasteiger partial charge in [0.2, 0.25) is 11.8 Å². The minimum absolute atomic E-state index is 0.0818. The van der Waals surface area contributed by atoms with E-state index >= 15 is 0 Å². The zero-order valence-electron chi connectivity index (χ0n) is 14.5. The predicted octanol–water partition coefficient (Wildman–Crippen LogP) is 2.55. The third kappa shape index (κ3) is 3.61. The van der Waals surface area contributed by atoms with Gasteiger partial charge in [0.05, 0.1) is 5.56 Å². The Bertz CT molecular complexity index is 841. The van der Waals surface area contributed by atoms with Crippen LogP contribution in [0.1, 0.15) is 64.8 Å². The van der Waals surface area contributed by atoms with Crippen LogP contribution >= 0.6 is 0 Å². The average Bonchev–Trinajstić information content (AvgIpc) is 3.39. The van der Waals surface area contributed by atoms with E-state index in [0.29, 0.717) is 44.2 Å². The zero-order valence-corrected chi connectivity index (χ0v) is 14.5. The van der Waals surface area contributed by atoms with Crippen LogP contribution in [0.4, 0.5) is 0 Å². The number of carbonyl (C=O) groups excluding carboxylic acids is 1. The first-order chi connectivity index (χ1) is 12.6. The smallest absolute Gasteiger partial charge is 0.335 e. The molecule has 0 saturated heterocycles. The second-order valence-electron chi connectivity index (χ2n) is 7.03. The average molecular weight is 355 g/mol. The maximum absolute atomic E-state index is 12.5. The monoisotopic (exact) mass is 355 g/mol. The van der Waals surface area contributed by atoms with E-state index in [1.807, 2.05) is 6.07 Å². The maximum Gasteiger partial charge on any atom is 0.335 e. The molecule has 2 aromatic rings. The number of amides is 1. The van der Waals surface area contributed by atoms with Crippen molar-refractivity contribution in [2.24, 2.45) is 0 Å². The first kappa shape index (κ1) is 16.8. The van der Waals surface area contributed by atoms with E-state index in [4.69, 9.17) is 9.63 Å². The van der Waals surface area contributed by atoms with E-state index in [1.165, 1.54) is 0 Å². The van der Waals surface area contributed by atoms with Gasteiger partial charge in [0.25, 0.3) is 0 Å². The molecule has 0 radical (unpaired) electrons. The molecule has 0 bridgehead atoms. The van der Waals surface area contributed by atoms with E-state index in [-0.39, 0.29) is 11.5 Å². The summed E-state index contributed by atoms with van der Waals surface area (Å²) >= 11 is 0. The van der Waals surface area contributed by atoms with Crippen molar-refractivity contribution in [1.82, 2.24) is 15.0 Å². The Morgan fingerprint density at radius 2 is 2.12 bits per heavy atom. The van der Waals surface area contributed by atoms with Gasteiger partial charge in [-0.1, -0.05) is 11.2 Å². The van der Waals surface area contributed by atoms with Crippen molar-refractivity contribution >= 4 is 11.9 Å². The molecule has 1 aromatic heterocycles. The van der Waals surface area contributed by atoms with E-state index in [0.717, 1.165) is 36.2 Å². The molecule has 136 valence electrons. The summed E-state index contributed by atoms with van der Waals surface area (Å²) in [5.41, 5.74) is 2.31. The highest BCUT2D eigenvalue weighted by Gasteiger charge is 2.28. The lowest BCUT2D eigenvalue weighted by Gasteiger charge is -2.29. The normalized spacial score (nSPS) is 16.4. The zero-order chi connectivity index (χ0) is 18.1. The Kier molecular flexibility index (Phi) is 4.44. The Morgan fingerprint density at radius 1 is 1.27 bits per heavy atom. The summed E-state index contributed by atoms with van der Waals surface area (Å²) in [6.07, 6.45) is 4.74. The van der Waals surface area contributed by atoms with Crippen molar-refractivity contribution in [3.63, 3.8) is 0 Å². The van der Waals surface area contributed by atoms with Gasteiger partial charge in [-0.3, -0.25) is 4.79 Å². The number of fused-ring (bicyclic) bond motifs is 1. The van der Waals surface area contributed by atoms with Crippen molar-refractivity contribution in [2.45, 2.75) is 51.0 Å². The van der Waals surface area contributed by atoms with Crippen molar-refractivity contribution in [3.05, 3.63) is 46.6 Å². The number of aryl methyl sites for hydroxylation is 1. The highest BCUT2D eigenvalue weighted by Crippen LogP contribution is 2.38. The number of benzene rings is 1. The lowest BCUT2D eigenvalue weighted by Crippen LogP contribution is -2.36. The lowest BCUT2D eigenvalue weighted by molar-refractivity contribution is -0.132. The summed E-state index contributed by atoms with van der Waals surface area (Å²) in [5, 5.41) is 13.1. The van der Waals surface area contributed by atoms with E-state index in [1.54, 1.807) is 17.0 Å². The van der Waals surface area contributed by atoms with Gasteiger partial charge in [0, 0.05) is 31.8 Å². The molecule has 1 fully saturated rings. The second-order valence-corrected chi connectivity index (χ2v) is 7.03. The molecule has 1 amide bonds. The largest absolute Gasteiger partial charge is 0.478 e. The van der Waals surface area contributed by atoms with Crippen LogP contribution in [0, 0.1) is 0 Å². The molecular formula is C19H21N3O4. The van der Waals surface area contributed by atoms with Crippen LogP contribution in [0.15, 0.2) is 22.7 Å². The fraction of sp³-hybridized carbons (Fsp3) is 0.474. The van der Waals surface area contributed by atoms with Gasteiger partial charge in [-0.25, -0.2) is 4.79 Å². The minimum Gasteiger partial charge on any atom is -0.478 e. The molecule has 1 aliphatic carbocycles. The van der Waals surface area contributed by atoms with Crippen molar-refractivity contribution in [1.29, 1.82) is 0 Å². The molecule has 0 spiro atoms. The summed E-state index contributed by atoms with van der Waals surface area (Å²) in [6.45, 7) is 1.15. The first-order valence-corrected chi connectivity index (χ1v) is 9.05. The van der Waals surface area contributed by atoms with E-state index < -0.39 is 5.97 Å². The number of hydrogen-bond acceptors (Lipinski definition) is 5. The molecule has 1 aromatic carbocycles. The Balaban J connectivity index is 1.30. The highest BCUT2D eigenvalue weighted by molar-refractivity contribution is 5.88. The van der Waals surface area contributed by atoms with Gasteiger partial charge in [0.1, 0.15) is 0 Å². The number of carboxylic acid groups (broad SMARTS) is 1. The van der Waals surface area contributed by atoms with Crippen molar-refractivity contribution in [3.8, 4) is 0 Å². The van der Waals surface area contributed by atoms with Gasteiger partial charge in [-0.15, -0.1) is 0 Å². The molecule has 2 heterocycles. The van der Waals surface area contributed by atoms with Gasteiger partial charge in [-0.05, 0) is 48.9 Å². The topological polar surface area (TPSA) is 96.5 Å². The summed E-state index contributed by atoms with van der Waals surface area (Å²) in [4.78, 5) is 29.8. The number of carbonyl (C=O) groups is 2. The molecule has 2 aliphatic rings. The van der Waals surface area contributed by atoms with Gasteiger partial charge >= 0.3 is 5.97 Å². The van der Waals surface area contributed by atoms with Gasteiger partial charge < -0.3 is 14.5 Å². The quantitative estimate of drug-likeness (QED) is 0.855. The molecule has 4 rings (SSSR count). The molecule has 1 aliphatic heterocycles. The molecule has 1 saturated carbocycles. The van der Waals surface area contributed by atoms with E-state index in [9.17, 15) is 9.59 Å². The Labute approximate surface area is 151 Å². The summed E-state index contributed by atoms with van der Waals surface area (Å²) in [6, 6.07) is 5.15. The third-order valence-electron chi connectivity index (χ3n) is 5.03. The number of aromatic nitrogens is 2. The molecule has 0 unspecified atom stereocenters. The van der Waals surface area contributed by atoms with Crippen LogP contribution in [-0.2, 0) is 24.2 Å². The Hall–Kier alpha value is -2.70. The number of rotatable bonds is 6. The van der Waals surface area contributed by atoms with Crippen molar-refractivity contribution < 1.29 is 19.2 Å². The summed E-state index contributed by atoms with van der Waals surface area (Å²) < 4.78 is 5.23. The van der Waals surface area contributed by atoms with Crippen molar-refractivity contribution in [2.75, 3.05) is 6.54 Å². The molecule has 1 N–H and O–H groups in total. The molecular weight excluding hydrogens is 334 g/mol. The van der Waals surface area contributed by atoms with Crippen LogP contribution in [0.2, 0.25) is 0 Å². The fourth-order valence-electron chi connectivity index (χ4n) is 3.33. The van der Waals surface area contributed by atoms with Gasteiger partial charge in [0.15, 0.2) is 5.82 Å². The number of aromatic carboxylic acids is 1. The van der Waals surface area contributed by atoms with Crippen LogP contribution in [0.25, 0.3) is 0 Å². The van der Waals surface area contributed by atoms with Gasteiger partial charge in [-0.2, -0.15) is 4.98 Å². The van der Waals surface area contributed by atoms with E-state index in [2.05, 4.69) is 10.1 Å². The van der Waals surface area contributed by atoms with Crippen LogP contribution in [-0.4, -0.2) is 38.6 Å². The standard InChI is InChI=1S/C19H21N3O4/c23-17(3-1-2-16-20-18(21-26-16)13-5-6-13)22-9-8-12-4-7-14(19(24)25)10-15(12)11-22/h4,7,10,13H,1-3,5-6,8-9,11H2,(H,24,25). The summed E-state index contributed by atoms with van der Waals surface area (Å²) in [7, 11) is 0. The SMILES string of the molecule is O=C(O)c1ccc2c(c1)CN(C(=O)CCCc1nc(C3CC3)no1)CC2. The van der Waals surface area contributed by atoms with Crippen LogP contribution in [0.5, 0.6) is 0 Å². The maximum atomic E-state index is 12.5. The molecule has 0 atom stereocenters. The lowest BCUT2D eigenvalue weighted by atomic mass is 9.97. The predicted molar refractivity (Wildman–Crippen MR) is 91.7 cm³/mol. The molecule has 7 nitrogen and oxygen atoms in total. The molecule has 26 heavy (non-hydrogen) atoms. The minimum atomic E-state index is -0.943. The third-order valence-corrected chi connectivity index (χ3v) is 5.03. The fourth-order valence-corrected chi connectivity index (χ4v) is 3.33. The molecule has 7 heteroatoms.